The van der Waals surface area contributed by atoms with Gasteiger partial charge in [0, 0.05) is 13.1 Å². The van der Waals surface area contributed by atoms with Gasteiger partial charge in [0.2, 0.25) is 0 Å². The highest BCUT2D eigenvalue weighted by atomic mass is 32.2. The van der Waals surface area contributed by atoms with Crippen molar-refractivity contribution in [3.63, 3.8) is 0 Å². The molecule has 0 aliphatic carbocycles. The number of aryl methyl sites for hydroxylation is 1. The molecule has 0 atom stereocenters. The SMILES string of the molecule is CC(=NS(=O)(=O)c1ccc(C)cc1)N1CCOCC1. The van der Waals surface area contributed by atoms with Crippen LogP contribution in [0.2, 0.25) is 0 Å². The van der Waals surface area contributed by atoms with Crippen LogP contribution in [0.1, 0.15) is 12.5 Å². The Hall–Kier alpha value is -1.40. The zero-order valence-corrected chi connectivity index (χ0v) is 12.0. The zero-order valence-electron chi connectivity index (χ0n) is 11.2. The Morgan fingerprint density at radius 3 is 2.37 bits per heavy atom. The molecular weight excluding hydrogens is 264 g/mol. The average molecular weight is 282 g/mol. The quantitative estimate of drug-likeness (QED) is 0.608. The smallest absolute Gasteiger partial charge is 0.283 e. The van der Waals surface area contributed by atoms with Crippen molar-refractivity contribution in [2.75, 3.05) is 26.3 Å². The molecule has 0 radical (unpaired) electrons. The first-order valence-electron chi connectivity index (χ1n) is 6.20. The van der Waals surface area contributed by atoms with Gasteiger partial charge in [-0.15, -0.1) is 4.40 Å². The van der Waals surface area contributed by atoms with E-state index in [0.717, 1.165) is 5.56 Å². The fourth-order valence-corrected chi connectivity index (χ4v) is 2.93. The van der Waals surface area contributed by atoms with Crippen molar-refractivity contribution in [2.45, 2.75) is 18.7 Å². The molecule has 1 aliphatic heterocycles. The minimum atomic E-state index is -3.62. The molecule has 0 bridgehead atoms. The molecule has 0 spiro atoms. The van der Waals surface area contributed by atoms with Crippen LogP contribution in [0.25, 0.3) is 0 Å². The summed E-state index contributed by atoms with van der Waals surface area (Å²) in [6, 6.07) is 6.71. The van der Waals surface area contributed by atoms with Crippen molar-refractivity contribution < 1.29 is 13.2 Å². The van der Waals surface area contributed by atoms with Gasteiger partial charge in [0.25, 0.3) is 10.0 Å². The summed E-state index contributed by atoms with van der Waals surface area (Å²) in [5.74, 6) is 0.517. The normalized spacial score (nSPS) is 17.6. The van der Waals surface area contributed by atoms with E-state index in [-0.39, 0.29) is 4.90 Å². The van der Waals surface area contributed by atoms with Gasteiger partial charge in [-0.25, -0.2) is 0 Å². The van der Waals surface area contributed by atoms with E-state index < -0.39 is 10.0 Å². The fraction of sp³-hybridized carbons (Fsp3) is 0.462. The lowest BCUT2D eigenvalue weighted by atomic mass is 10.2. The Bertz CT molecular complexity index is 558. The Morgan fingerprint density at radius 2 is 1.79 bits per heavy atom. The molecule has 1 saturated heterocycles. The van der Waals surface area contributed by atoms with Gasteiger partial charge in [0.15, 0.2) is 0 Å². The molecule has 1 aromatic carbocycles. The number of ether oxygens (including phenoxy) is 1. The molecule has 104 valence electrons. The molecular formula is C13H18N2O3S. The van der Waals surface area contributed by atoms with E-state index in [9.17, 15) is 8.42 Å². The molecule has 2 rings (SSSR count). The van der Waals surface area contributed by atoms with Gasteiger partial charge in [0.05, 0.1) is 18.1 Å². The standard InChI is InChI=1S/C13H18N2O3S/c1-11-3-5-13(6-4-11)19(16,17)14-12(2)15-7-9-18-10-8-15/h3-6H,7-10H2,1-2H3. The predicted molar refractivity (Wildman–Crippen MR) is 73.9 cm³/mol. The highest BCUT2D eigenvalue weighted by Crippen LogP contribution is 2.14. The van der Waals surface area contributed by atoms with E-state index in [1.165, 1.54) is 0 Å². The average Bonchev–Trinajstić information content (AvgIpc) is 2.40. The van der Waals surface area contributed by atoms with Crippen LogP contribution in [-0.4, -0.2) is 45.5 Å². The maximum Gasteiger partial charge on any atom is 0.283 e. The second-order valence-electron chi connectivity index (χ2n) is 4.53. The third kappa shape index (κ3) is 3.54. The number of hydrogen-bond donors (Lipinski definition) is 0. The van der Waals surface area contributed by atoms with Crippen LogP contribution >= 0.6 is 0 Å². The van der Waals surface area contributed by atoms with Crippen LogP contribution < -0.4 is 0 Å². The molecule has 5 nitrogen and oxygen atoms in total. The van der Waals surface area contributed by atoms with Crippen molar-refractivity contribution in [1.82, 2.24) is 4.90 Å². The molecule has 0 saturated carbocycles. The Morgan fingerprint density at radius 1 is 1.21 bits per heavy atom. The minimum absolute atomic E-state index is 0.228. The highest BCUT2D eigenvalue weighted by molar-refractivity contribution is 7.90. The van der Waals surface area contributed by atoms with Gasteiger partial charge < -0.3 is 9.64 Å². The first-order chi connectivity index (χ1) is 8.99. The van der Waals surface area contributed by atoms with Crippen LogP contribution in [0.15, 0.2) is 33.6 Å². The van der Waals surface area contributed by atoms with Gasteiger partial charge in [0.1, 0.15) is 5.84 Å². The fourth-order valence-electron chi connectivity index (χ4n) is 1.88. The Labute approximate surface area is 114 Å². The Kier molecular flexibility index (Phi) is 4.21. The molecule has 1 aliphatic rings. The van der Waals surface area contributed by atoms with Crippen LogP contribution in [0.4, 0.5) is 0 Å². The number of hydrogen-bond acceptors (Lipinski definition) is 3. The lowest BCUT2D eigenvalue weighted by Crippen LogP contribution is -2.39. The van der Waals surface area contributed by atoms with Crippen LogP contribution in [0.5, 0.6) is 0 Å². The highest BCUT2D eigenvalue weighted by Gasteiger charge is 2.17. The molecule has 1 aromatic rings. The van der Waals surface area contributed by atoms with E-state index in [4.69, 9.17) is 4.74 Å². The van der Waals surface area contributed by atoms with Gasteiger partial charge in [-0.3, -0.25) is 0 Å². The molecule has 6 heteroatoms. The van der Waals surface area contributed by atoms with Crippen molar-refractivity contribution >= 4 is 15.9 Å². The van der Waals surface area contributed by atoms with Gasteiger partial charge >= 0.3 is 0 Å². The van der Waals surface area contributed by atoms with Crippen LogP contribution in [-0.2, 0) is 14.8 Å². The number of benzene rings is 1. The number of amidine groups is 1. The summed E-state index contributed by atoms with van der Waals surface area (Å²) in [7, 11) is -3.62. The third-order valence-electron chi connectivity index (χ3n) is 3.04. The van der Waals surface area contributed by atoms with Gasteiger partial charge in [-0.2, -0.15) is 8.42 Å². The summed E-state index contributed by atoms with van der Waals surface area (Å²) in [5, 5.41) is 0. The van der Waals surface area contributed by atoms with E-state index >= 15 is 0 Å². The van der Waals surface area contributed by atoms with E-state index in [2.05, 4.69) is 4.40 Å². The molecule has 0 N–H and O–H groups in total. The lowest BCUT2D eigenvalue weighted by molar-refractivity contribution is 0.0679. The molecule has 1 fully saturated rings. The summed E-state index contributed by atoms with van der Waals surface area (Å²) in [6.45, 7) is 6.21. The second-order valence-corrected chi connectivity index (χ2v) is 6.13. The number of nitrogens with zero attached hydrogens (tertiary/aromatic N) is 2. The summed E-state index contributed by atoms with van der Waals surface area (Å²) in [4.78, 5) is 2.15. The van der Waals surface area contributed by atoms with Gasteiger partial charge in [-0.1, -0.05) is 17.7 Å². The number of sulfonamides is 1. The molecule has 0 aromatic heterocycles. The predicted octanol–water partition coefficient (Wildman–Crippen LogP) is 1.43. The largest absolute Gasteiger partial charge is 0.378 e. The molecule has 1 heterocycles. The van der Waals surface area contributed by atoms with Crippen molar-refractivity contribution in [3.05, 3.63) is 29.8 Å². The summed E-state index contributed by atoms with van der Waals surface area (Å²) in [5.41, 5.74) is 1.02. The maximum absolute atomic E-state index is 12.2. The van der Waals surface area contributed by atoms with Crippen LogP contribution in [0, 0.1) is 6.92 Å². The maximum atomic E-state index is 12.2. The van der Waals surface area contributed by atoms with Crippen molar-refractivity contribution in [1.29, 1.82) is 0 Å². The summed E-state index contributed by atoms with van der Waals surface area (Å²) < 4.78 is 33.4. The van der Waals surface area contributed by atoms with Crippen molar-refractivity contribution in [2.24, 2.45) is 4.40 Å². The van der Waals surface area contributed by atoms with E-state index in [0.29, 0.717) is 32.1 Å². The third-order valence-corrected chi connectivity index (χ3v) is 4.41. The first-order valence-corrected chi connectivity index (χ1v) is 7.64. The van der Waals surface area contributed by atoms with E-state index in [1.807, 2.05) is 11.8 Å². The monoisotopic (exact) mass is 282 g/mol. The topological polar surface area (TPSA) is 59.0 Å². The lowest BCUT2D eigenvalue weighted by Gasteiger charge is -2.27. The number of morpholine rings is 1. The van der Waals surface area contributed by atoms with Crippen molar-refractivity contribution in [3.8, 4) is 0 Å². The molecule has 19 heavy (non-hydrogen) atoms. The minimum Gasteiger partial charge on any atom is -0.378 e. The van der Waals surface area contributed by atoms with Gasteiger partial charge in [-0.05, 0) is 26.0 Å². The summed E-state index contributed by atoms with van der Waals surface area (Å²) >= 11 is 0. The van der Waals surface area contributed by atoms with E-state index in [1.54, 1.807) is 31.2 Å². The molecule has 0 amide bonds. The molecule has 0 unspecified atom stereocenters. The summed E-state index contributed by atoms with van der Waals surface area (Å²) in [6.07, 6.45) is 0. The Balaban J connectivity index is 2.22. The first kappa shape index (κ1) is 14.0. The number of rotatable bonds is 2. The van der Waals surface area contributed by atoms with Crippen LogP contribution in [0.3, 0.4) is 0 Å². The second kappa shape index (κ2) is 5.71. The zero-order chi connectivity index (χ0) is 13.9.